The molecule has 1 heterocycles. The Balaban J connectivity index is 1.95. The average Bonchev–Trinajstić information content (AvgIpc) is 3.04. The fourth-order valence-electron chi connectivity index (χ4n) is 1.95. The molecule has 18 heavy (non-hydrogen) atoms. The van der Waals surface area contributed by atoms with Crippen molar-refractivity contribution >= 4 is 11.3 Å². The van der Waals surface area contributed by atoms with E-state index in [1.807, 2.05) is 0 Å². The fourth-order valence-corrected chi connectivity index (χ4v) is 2.86. The second-order valence-electron chi connectivity index (χ2n) is 5.19. The zero-order valence-corrected chi connectivity index (χ0v) is 12.0. The summed E-state index contributed by atoms with van der Waals surface area (Å²) >= 11 is 1.74. The van der Waals surface area contributed by atoms with E-state index in [9.17, 15) is 0 Å². The number of thiophene rings is 1. The van der Waals surface area contributed by atoms with Crippen LogP contribution in [0.5, 0.6) is 0 Å². The van der Waals surface area contributed by atoms with Crippen molar-refractivity contribution < 1.29 is 5.11 Å². The molecule has 0 unspecified atom stereocenters. The molecule has 0 aliphatic heterocycles. The summed E-state index contributed by atoms with van der Waals surface area (Å²) in [5, 5.41) is 8.68. The van der Waals surface area contributed by atoms with Gasteiger partial charge in [-0.1, -0.05) is 11.8 Å². The molecule has 1 aliphatic rings. The van der Waals surface area contributed by atoms with Crippen LogP contribution in [0, 0.1) is 17.8 Å². The molecule has 1 N–H and O–H groups in total. The molecule has 1 aliphatic carbocycles. The summed E-state index contributed by atoms with van der Waals surface area (Å²) in [6.45, 7) is 6.73. The molecule has 1 fully saturated rings. The third kappa shape index (κ3) is 4.13. The highest BCUT2D eigenvalue weighted by molar-refractivity contribution is 7.12. The normalized spacial score (nSPS) is 14.9. The first kappa shape index (κ1) is 13.6. The maximum atomic E-state index is 8.68. The standard InChI is InChI=1S/C15H21NOS/c1-12(2)16(10-13-5-6-13)11-15-8-7-14(18-15)4-3-9-17/h7-8,12-13,17H,5-6,9-11H2,1-2H3. The molecular weight excluding hydrogens is 242 g/mol. The van der Waals surface area contributed by atoms with Crippen molar-refractivity contribution in [1.29, 1.82) is 0 Å². The molecule has 98 valence electrons. The van der Waals surface area contributed by atoms with Crippen LogP contribution in [0.25, 0.3) is 0 Å². The molecule has 0 spiro atoms. The summed E-state index contributed by atoms with van der Waals surface area (Å²) in [6, 6.07) is 4.81. The molecule has 1 saturated carbocycles. The van der Waals surface area contributed by atoms with Crippen molar-refractivity contribution in [2.75, 3.05) is 13.2 Å². The SMILES string of the molecule is CC(C)N(Cc1ccc(C#CCO)s1)CC1CC1. The lowest BCUT2D eigenvalue weighted by molar-refractivity contribution is 0.205. The monoisotopic (exact) mass is 263 g/mol. The molecule has 0 radical (unpaired) electrons. The maximum absolute atomic E-state index is 8.68. The van der Waals surface area contributed by atoms with E-state index < -0.39 is 0 Å². The van der Waals surface area contributed by atoms with Crippen LogP contribution in [0.3, 0.4) is 0 Å². The van der Waals surface area contributed by atoms with Crippen LogP contribution in [-0.2, 0) is 6.54 Å². The summed E-state index contributed by atoms with van der Waals surface area (Å²) in [6.07, 6.45) is 2.81. The van der Waals surface area contributed by atoms with E-state index in [4.69, 9.17) is 5.11 Å². The molecule has 1 aromatic heterocycles. The van der Waals surface area contributed by atoms with E-state index in [1.54, 1.807) is 11.3 Å². The minimum atomic E-state index is -0.0625. The zero-order valence-electron chi connectivity index (χ0n) is 11.1. The summed E-state index contributed by atoms with van der Waals surface area (Å²) in [5.74, 6) is 6.60. The Labute approximate surface area is 114 Å². The van der Waals surface area contributed by atoms with Crippen molar-refractivity contribution in [2.45, 2.75) is 39.3 Å². The molecule has 2 nitrogen and oxygen atoms in total. The quantitative estimate of drug-likeness (QED) is 0.826. The van der Waals surface area contributed by atoms with Gasteiger partial charge >= 0.3 is 0 Å². The van der Waals surface area contributed by atoms with Crippen LogP contribution >= 0.6 is 11.3 Å². The summed E-state index contributed by atoms with van der Waals surface area (Å²) in [5.41, 5.74) is 0. The number of aliphatic hydroxyl groups is 1. The molecule has 0 saturated heterocycles. The highest BCUT2D eigenvalue weighted by atomic mass is 32.1. The molecular formula is C15H21NOS. The van der Waals surface area contributed by atoms with E-state index in [0.29, 0.717) is 6.04 Å². The molecule has 0 atom stereocenters. The molecule has 1 aromatic rings. The van der Waals surface area contributed by atoms with E-state index in [2.05, 4.69) is 42.7 Å². The lowest BCUT2D eigenvalue weighted by Crippen LogP contribution is -2.31. The third-order valence-corrected chi connectivity index (χ3v) is 4.22. The number of rotatable bonds is 5. The predicted molar refractivity (Wildman–Crippen MR) is 76.6 cm³/mol. The minimum absolute atomic E-state index is 0.0625. The van der Waals surface area contributed by atoms with E-state index in [-0.39, 0.29) is 6.61 Å². The summed E-state index contributed by atoms with van der Waals surface area (Å²) in [7, 11) is 0. The molecule has 0 amide bonds. The van der Waals surface area contributed by atoms with E-state index >= 15 is 0 Å². The molecule has 0 aromatic carbocycles. The zero-order chi connectivity index (χ0) is 13.0. The van der Waals surface area contributed by atoms with Crippen LogP contribution in [0.2, 0.25) is 0 Å². The van der Waals surface area contributed by atoms with E-state index in [1.165, 1.54) is 24.3 Å². The molecule has 0 bridgehead atoms. The van der Waals surface area contributed by atoms with Crippen molar-refractivity contribution in [3.05, 3.63) is 21.9 Å². The van der Waals surface area contributed by atoms with Gasteiger partial charge in [0.25, 0.3) is 0 Å². The number of aliphatic hydroxyl groups excluding tert-OH is 1. The van der Waals surface area contributed by atoms with Gasteiger partial charge in [0.2, 0.25) is 0 Å². The van der Waals surface area contributed by atoms with Gasteiger partial charge in [-0.3, -0.25) is 4.90 Å². The lowest BCUT2D eigenvalue weighted by atomic mass is 10.2. The first-order valence-corrected chi connectivity index (χ1v) is 7.43. The van der Waals surface area contributed by atoms with Gasteiger partial charge in [-0.15, -0.1) is 11.3 Å². The summed E-state index contributed by atoms with van der Waals surface area (Å²) < 4.78 is 0. The van der Waals surface area contributed by atoms with Gasteiger partial charge in [0.15, 0.2) is 0 Å². The van der Waals surface area contributed by atoms with Crippen LogP contribution in [0.4, 0.5) is 0 Å². The topological polar surface area (TPSA) is 23.5 Å². The van der Waals surface area contributed by atoms with Crippen LogP contribution in [-0.4, -0.2) is 29.2 Å². The summed E-state index contributed by atoms with van der Waals surface area (Å²) in [4.78, 5) is 4.97. The van der Waals surface area contributed by atoms with Gasteiger partial charge in [-0.2, -0.15) is 0 Å². The van der Waals surface area contributed by atoms with E-state index in [0.717, 1.165) is 17.3 Å². The van der Waals surface area contributed by atoms with Crippen molar-refractivity contribution in [3.63, 3.8) is 0 Å². The molecule has 3 heteroatoms. The van der Waals surface area contributed by atoms with Crippen molar-refractivity contribution in [2.24, 2.45) is 5.92 Å². The highest BCUT2D eigenvalue weighted by Crippen LogP contribution is 2.31. The van der Waals surface area contributed by atoms with Crippen LogP contribution in [0.1, 0.15) is 36.4 Å². The van der Waals surface area contributed by atoms with Crippen LogP contribution in [0.15, 0.2) is 12.1 Å². The van der Waals surface area contributed by atoms with Gasteiger partial charge in [0, 0.05) is 24.0 Å². The molecule has 2 rings (SSSR count). The first-order valence-electron chi connectivity index (χ1n) is 6.61. The van der Waals surface area contributed by atoms with Gasteiger partial charge in [0.1, 0.15) is 6.61 Å². The Morgan fingerprint density at radius 3 is 2.83 bits per heavy atom. The average molecular weight is 263 g/mol. The fraction of sp³-hybridized carbons (Fsp3) is 0.600. The number of nitrogens with zero attached hydrogens (tertiary/aromatic N) is 1. The predicted octanol–water partition coefficient (Wildman–Crippen LogP) is 2.71. The minimum Gasteiger partial charge on any atom is -0.384 e. The Morgan fingerprint density at radius 1 is 1.44 bits per heavy atom. The smallest absolute Gasteiger partial charge is 0.104 e. The van der Waals surface area contributed by atoms with Crippen molar-refractivity contribution in [1.82, 2.24) is 4.90 Å². The maximum Gasteiger partial charge on any atom is 0.104 e. The third-order valence-electron chi connectivity index (χ3n) is 3.23. The number of hydrogen-bond donors (Lipinski definition) is 1. The van der Waals surface area contributed by atoms with Crippen molar-refractivity contribution in [3.8, 4) is 11.8 Å². The second-order valence-corrected chi connectivity index (χ2v) is 6.36. The van der Waals surface area contributed by atoms with Gasteiger partial charge in [-0.05, 0) is 44.7 Å². The Hall–Kier alpha value is -0.820. The van der Waals surface area contributed by atoms with Gasteiger partial charge in [0.05, 0.1) is 4.88 Å². The Bertz CT molecular complexity index is 437. The number of hydrogen-bond acceptors (Lipinski definition) is 3. The Morgan fingerprint density at radius 2 is 2.22 bits per heavy atom. The van der Waals surface area contributed by atoms with Gasteiger partial charge in [-0.25, -0.2) is 0 Å². The largest absolute Gasteiger partial charge is 0.384 e. The van der Waals surface area contributed by atoms with Gasteiger partial charge < -0.3 is 5.11 Å². The highest BCUT2D eigenvalue weighted by Gasteiger charge is 2.25. The lowest BCUT2D eigenvalue weighted by Gasteiger charge is -2.25. The Kier molecular flexibility index (Phi) is 4.82. The first-order chi connectivity index (χ1) is 8.69. The second kappa shape index (κ2) is 6.38. The van der Waals surface area contributed by atoms with Crippen LogP contribution < -0.4 is 0 Å².